The molecule has 0 aliphatic rings. The molecule has 1 heterocycles. The number of nitrogens with one attached hydrogen (secondary N) is 1. The first-order valence-electron chi connectivity index (χ1n) is 6.05. The van der Waals surface area contributed by atoms with Crippen LogP contribution in [0.5, 0.6) is 5.75 Å². The SMILES string of the molecule is NC(N)=NCCc1c[nH]c2ccc(OCC[18F])cc12. The molecule has 0 radical (unpaired) electrons. The summed E-state index contributed by atoms with van der Waals surface area (Å²) in [5, 5.41) is 1.04. The Morgan fingerprint density at radius 2 is 2.21 bits per heavy atom. The summed E-state index contributed by atoms with van der Waals surface area (Å²) in [6.07, 6.45) is 2.65. The topological polar surface area (TPSA) is 89.4 Å². The minimum Gasteiger partial charge on any atom is -0.491 e. The smallest absolute Gasteiger partial charge is 0.185 e. The maximum atomic E-state index is 12.1. The molecule has 0 saturated heterocycles. The number of benzene rings is 1. The minimum absolute atomic E-state index is 0.0687. The number of nitrogens with zero attached hydrogens (tertiary/aromatic N) is 1. The van der Waals surface area contributed by atoms with Crippen LogP contribution >= 0.6 is 0 Å². The second kappa shape index (κ2) is 6.08. The molecule has 2 aromatic rings. The van der Waals surface area contributed by atoms with E-state index < -0.39 is 6.67 Å². The molecule has 0 spiro atoms. The molecule has 1 aromatic heterocycles. The Balaban J connectivity index is 2.17. The molecule has 102 valence electrons. The molecule has 0 amide bonds. The fraction of sp³-hybridized carbons (Fsp3) is 0.308. The van der Waals surface area contributed by atoms with Gasteiger partial charge in [0.05, 0.1) is 0 Å². The Morgan fingerprint density at radius 1 is 1.37 bits per heavy atom. The van der Waals surface area contributed by atoms with E-state index in [0.29, 0.717) is 12.3 Å². The molecule has 2 rings (SSSR count). The highest BCUT2D eigenvalue weighted by Crippen LogP contribution is 2.24. The molecule has 5 N–H and O–H groups in total. The third-order valence-corrected chi connectivity index (χ3v) is 2.76. The number of nitrogens with two attached hydrogens (primary N) is 2. The summed E-state index contributed by atoms with van der Waals surface area (Å²) >= 11 is 0. The van der Waals surface area contributed by atoms with E-state index in [4.69, 9.17) is 16.2 Å². The van der Waals surface area contributed by atoms with Gasteiger partial charge in [-0.3, -0.25) is 4.99 Å². The first-order chi connectivity index (χ1) is 9.20. The maximum absolute atomic E-state index is 12.1. The van der Waals surface area contributed by atoms with Crippen LogP contribution in [0.15, 0.2) is 29.4 Å². The van der Waals surface area contributed by atoms with E-state index in [0.717, 1.165) is 22.9 Å². The van der Waals surface area contributed by atoms with Crippen LogP contribution in [0, 0.1) is 0 Å². The van der Waals surface area contributed by atoms with Gasteiger partial charge in [-0.25, -0.2) is 4.39 Å². The van der Waals surface area contributed by atoms with Crippen molar-refractivity contribution in [1.82, 2.24) is 4.98 Å². The van der Waals surface area contributed by atoms with Crippen LogP contribution in [0.4, 0.5) is 4.39 Å². The third kappa shape index (κ3) is 3.37. The zero-order valence-electron chi connectivity index (χ0n) is 10.5. The van der Waals surface area contributed by atoms with Crippen molar-refractivity contribution in [1.29, 1.82) is 0 Å². The van der Waals surface area contributed by atoms with E-state index in [2.05, 4.69) is 9.98 Å². The highest BCUT2D eigenvalue weighted by Gasteiger charge is 2.05. The highest BCUT2D eigenvalue weighted by molar-refractivity contribution is 5.84. The number of H-pyrrole nitrogens is 1. The van der Waals surface area contributed by atoms with Gasteiger partial charge < -0.3 is 21.2 Å². The number of alkyl halides is 1. The molecular formula is C13H17FN4O. The van der Waals surface area contributed by atoms with Crippen LogP contribution in [-0.2, 0) is 6.42 Å². The predicted octanol–water partition coefficient (Wildman–Crippen LogP) is 1.33. The van der Waals surface area contributed by atoms with Gasteiger partial charge in [0, 0.05) is 23.6 Å². The summed E-state index contributed by atoms with van der Waals surface area (Å²) in [6, 6.07) is 5.62. The number of aromatic nitrogens is 1. The van der Waals surface area contributed by atoms with Crippen molar-refractivity contribution >= 4 is 16.9 Å². The molecule has 1 aromatic carbocycles. The minimum atomic E-state index is -0.497. The van der Waals surface area contributed by atoms with Gasteiger partial charge >= 0.3 is 0 Å². The van der Waals surface area contributed by atoms with Crippen molar-refractivity contribution in [2.45, 2.75) is 6.42 Å². The maximum Gasteiger partial charge on any atom is 0.185 e. The summed E-state index contributed by atoms with van der Waals surface area (Å²) in [5.74, 6) is 0.750. The average molecular weight is 263 g/mol. The molecule has 0 bridgehead atoms. The van der Waals surface area contributed by atoms with E-state index in [1.807, 2.05) is 24.4 Å². The molecule has 0 saturated carbocycles. The lowest BCUT2D eigenvalue weighted by Gasteiger charge is -2.04. The number of hydrogen-bond donors (Lipinski definition) is 3. The van der Waals surface area contributed by atoms with E-state index in [-0.39, 0.29) is 12.6 Å². The average Bonchev–Trinajstić information content (AvgIpc) is 2.79. The Bertz CT molecular complexity index is 575. The number of aliphatic imine (C=N–C) groups is 1. The van der Waals surface area contributed by atoms with Gasteiger partial charge in [-0.05, 0) is 30.2 Å². The second-order valence-corrected chi connectivity index (χ2v) is 4.12. The highest BCUT2D eigenvalue weighted by atomic mass is 18.2. The number of ether oxygens (including phenoxy) is 1. The van der Waals surface area contributed by atoms with Gasteiger partial charge in [-0.1, -0.05) is 0 Å². The predicted molar refractivity (Wildman–Crippen MR) is 74.1 cm³/mol. The van der Waals surface area contributed by atoms with Crippen LogP contribution in [0.2, 0.25) is 0 Å². The molecule has 6 heteroatoms. The van der Waals surface area contributed by atoms with Gasteiger partial charge in [-0.15, -0.1) is 0 Å². The van der Waals surface area contributed by atoms with E-state index in [1.54, 1.807) is 0 Å². The fourth-order valence-electron chi connectivity index (χ4n) is 1.92. The van der Waals surface area contributed by atoms with Crippen molar-refractivity contribution in [2.75, 3.05) is 19.8 Å². The van der Waals surface area contributed by atoms with E-state index in [9.17, 15) is 4.39 Å². The van der Waals surface area contributed by atoms with Crippen molar-refractivity contribution in [3.05, 3.63) is 30.0 Å². The number of aromatic amines is 1. The number of fused-ring (bicyclic) bond motifs is 1. The Kier molecular flexibility index (Phi) is 4.22. The quantitative estimate of drug-likeness (QED) is 0.542. The summed E-state index contributed by atoms with van der Waals surface area (Å²) in [6.45, 7) is 0.104. The van der Waals surface area contributed by atoms with Crippen molar-refractivity contribution in [3.8, 4) is 5.75 Å². The van der Waals surface area contributed by atoms with Crippen LogP contribution in [0.1, 0.15) is 5.56 Å². The number of hydrogen-bond acceptors (Lipinski definition) is 2. The van der Waals surface area contributed by atoms with Crippen molar-refractivity contribution < 1.29 is 9.13 Å². The summed E-state index contributed by atoms with van der Waals surface area (Å²) < 4.78 is 17.4. The Hall–Kier alpha value is -2.24. The lowest BCUT2D eigenvalue weighted by atomic mass is 10.1. The Morgan fingerprint density at radius 3 is 2.95 bits per heavy atom. The fourth-order valence-corrected chi connectivity index (χ4v) is 1.92. The Labute approximate surface area is 110 Å². The van der Waals surface area contributed by atoms with Crippen LogP contribution in [-0.4, -0.2) is 30.8 Å². The molecule has 0 aliphatic heterocycles. The molecular weight excluding hydrogens is 246 g/mol. The lowest BCUT2D eigenvalue weighted by molar-refractivity contribution is 0.273. The normalized spacial score (nSPS) is 10.6. The largest absolute Gasteiger partial charge is 0.491 e. The molecule has 0 aliphatic carbocycles. The molecule has 19 heavy (non-hydrogen) atoms. The van der Waals surface area contributed by atoms with E-state index >= 15 is 0 Å². The van der Waals surface area contributed by atoms with Crippen molar-refractivity contribution in [3.63, 3.8) is 0 Å². The van der Waals surface area contributed by atoms with Gasteiger partial charge in [0.25, 0.3) is 0 Å². The van der Waals surface area contributed by atoms with Crippen LogP contribution in [0.25, 0.3) is 10.9 Å². The number of halogens is 1. The van der Waals surface area contributed by atoms with Gasteiger partial charge in [0.15, 0.2) is 5.96 Å². The number of guanidine groups is 1. The van der Waals surface area contributed by atoms with Gasteiger partial charge in [0.1, 0.15) is 19.0 Å². The summed E-state index contributed by atoms with van der Waals surface area (Å²) in [5.41, 5.74) is 12.7. The van der Waals surface area contributed by atoms with Crippen LogP contribution in [0.3, 0.4) is 0 Å². The first kappa shape index (κ1) is 13.2. The van der Waals surface area contributed by atoms with Crippen LogP contribution < -0.4 is 16.2 Å². The molecule has 0 fully saturated rings. The zero-order chi connectivity index (χ0) is 13.7. The zero-order valence-corrected chi connectivity index (χ0v) is 10.5. The monoisotopic (exact) mass is 263 g/mol. The van der Waals surface area contributed by atoms with Gasteiger partial charge in [-0.2, -0.15) is 0 Å². The van der Waals surface area contributed by atoms with Gasteiger partial charge in [0.2, 0.25) is 0 Å². The summed E-state index contributed by atoms with van der Waals surface area (Å²) in [7, 11) is 0. The standard InChI is InChI=1S/C13H17FN4O/c14-4-6-19-10-1-2-12-11(7-10)9(8-18-12)3-5-17-13(15)16/h1-2,7-8,18H,3-6H2,(H4,15,16,17)/i14-1. The molecule has 0 unspecified atom stereocenters. The molecule has 5 nitrogen and oxygen atoms in total. The first-order valence-corrected chi connectivity index (χ1v) is 6.05. The van der Waals surface area contributed by atoms with E-state index in [1.165, 1.54) is 0 Å². The lowest BCUT2D eigenvalue weighted by Crippen LogP contribution is -2.23. The molecule has 0 atom stereocenters. The third-order valence-electron chi connectivity index (χ3n) is 2.76. The van der Waals surface area contributed by atoms with Crippen molar-refractivity contribution in [2.24, 2.45) is 16.5 Å². The second-order valence-electron chi connectivity index (χ2n) is 4.12. The number of rotatable bonds is 6. The summed E-state index contributed by atoms with van der Waals surface area (Å²) in [4.78, 5) is 7.12.